The lowest BCUT2D eigenvalue weighted by molar-refractivity contribution is -0.158. The van der Waals surface area contributed by atoms with E-state index in [9.17, 15) is 4.79 Å². The molecule has 0 amide bonds. The fraction of sp³-hybridized carbons (Fsp3) is 0.600. The zero-order valence-corrected chi connectivity index (χ0v) is 9.67. The van der Waals surface area contributed by atoms with E-state index in [-0.39, 0.29) is 6.61 Å². The molecule has 3 N–H and O–H groups in total. The van der Waals surface area contributed by atoms with Gasteiger partial charge in [0.1, 0.15) is 5.60 Å². The Labute approximate surface area is 94.0 Å². The lowest BCUT2D eigenvalue weighted by atomic mass is 10.2. The fourth-order valence-electron chi connectivity index (χ4n) is 1.10. The molecule has 0 aliphatic carbocycles. The van der Waals surface area contributed by atoms with Gasteiger partial charge in [0.25, 0.3) is 0 Å². The van der Waals surface area contributed by atoms with Gasteiger partial charge in [0.2, 0.25) is 0 Å². The number of ether oxygens (including phenoxy) is 1. The molecular formula is C10H17N3O3. The maximum absolute atomic E-state index is 11.6. The van der Waals surface area contributed by atoms with Gasteiger partial charge >= 0.3 is 5.97 Å². The molecule has 0 aliphatic heterocycles. The number of nitrogens with two attached hydrogens (primary N) is 1. The largest absolute Gasteiger partial charge is 0.457 e. The van der Waals surface area contributed by atoms with Crippen molar-refractivity contribution >= 4 is 5.97 Å². The molecule has 6 heteroatoms. The third-order valence-electron chi connectivity index (χ3n) is 1.79. The summed E-state index contributed by atoms with van der Waals surface area (Å²) in [5.41, 5.74) is 5.56. The summed E-state index contributed by atoms with van der Waals surface area (Å²) < 4.78 is 6.52. The minimum atomic E-state index is -0.938. The molecule has 90 valence electrons. The summed E-state index contributed by atoms with van der Waals surface area (Å²) in [7, 11) is 0. The van der Waals surface area contributed by atoms with Crippen molar-refractivity contribution in [2.75, 3.05) is 0 Å². The maximum Gasteiger partial charge on any atom is 0.344 e. The highest BCUT2D eigenvalue weighted by Crippen LogP contribution is 2.12. The van der Waals surface area contributed by atoms with Crippen molar-refractivity contribution in [3.63, 3.8) is 0 Å². The first kappa shape index (κ1) is 12.7. The van der Waals surface area contributed by atoms with Crippen molar-refractivity contribution in [1.29, 1.82) is 0 Å². The number of nitrogens with zero attached hydrogens (tertiary/aromatic N) is 2. The number of hydrogen-bond acceptors (Lipinski definition) is 5. The predicted molar refractivity (Wildman–Crippen MR) is 57.2 cm³/mol. The van der Waals surface area contributed by atoms with Crippen LogP contribution in [0.4, 0.5) is 0 Å². The Balaban J connectivity index is 2.70. The van der Waals surface area contributed by atoms with E-state index < -0.39 is 17.7 Å². The second-order valence-corrected chi connectivity index (χ2v) is 4.45. The minimum absolute atomic E-state index is 0.186. The molecule has 0 radical (unpaired) electrons. The average Bonchev–Trinajstić information content (AvgIpc) is 2.61. The molecule has 1 heterocycles. The Kier molecular flexibility index (Phi) is 3.66. The molecule has 0 fully saturated rings. The normalized spacial score (nSPS) is 13.6. The summed E-state index contributed by atoms with van der Waals surface area (Å²) in [5, 5.41) is 8.82. The highest BCUT2D eigenvalue weighted by Gasteiger charge is 2.23. The highest BCUT2D eigenvalue weighted by atomic mass is 16.6. The number of rotatable bonds is 3. The second-order valence-electron chi connectivity index (χ2n) is 4.45. The molecule has 0 aromatic carbocycles. The average molecular weight is 227 g/mol. The van der Waals surface area contributed by atoms with Crippen molar-refractivity contribution < 1.29 is 14.6 Å². The first-order chi connectivity index (χ1) is 7.33. The van der Waals surface area contributed by atoms with E-state index in [2.05, 4.69) is 4.98 Å². The topological polar surface area (TPSA) is 90.4 Å². The van der Waals surface area contributed by atoms with Crippen LogP contribution < -0.4 is 5.73 Å². The molecule has 0 saturated heterocycles. The van der Waals surface area contributed by atoms with Gasteiger partial charge in [-0.15, -0.1) is 0 Å². The molecule has 0 aliphatic rings. The SMILES string of the molecule is CC(C)(C)OC(=O)C(N)n1cnc(CO)c1. The Morgan fingerprint density at radius 3 is 2.75 bits per heavy atom. The minimum Gasteiger partial charge on any atom is -0.457 e. The first-order valence-electron chi connectivity index (χ1n) is 4.95. The van der Waals surface area contributed by atoms with Gasteiger partial charge in [0.15, 0.2) is 6.17 Å². The smallest absolute Gasteiger partial charge is 0.344 e. The summed E-state index contributed by atoms with van der Waals surface area (Å²) in [6, 6.07) is 0. The van der Waals surface area contributed by atoms with Crippen molar-refractivity contribution in [1.82, 2.24) is 9.55 Å². The molecular weight excluding hydrogens is 210 g/mol. The molecule has 0 saturated carbocycles. The molecule has 1 unspecified atom stereocenters. The summed E-state index contributed by atoms with van der Waals surface area (Å²) in [6.07, 6.45) is 1.96. The van der Waals surface area contributed by atoms with E-state index >= 15 is 0 Å². The van der Waals surface area contributed by atoms with Crippen molar-refractivity contribution in [3.8, 4) is 0 Å². The van der Waals surface area contributed by atoms with Gasteiger partial charge < -0.3 is 20.1 Å². The first-order valence-corrected chi connectivity index (χ1v) is 4.95. The summed E-state index contributed by atoms with van der Waals surface area (Å²) in [4.78, 5) is 15.5. The van der Waals surface area contributed by atoms with Gasteiger partial charge in [-0.2, -0.15) is 0 Å². The molecule has 1 aromatic heterocycles. The zero-order valence-electron chi connectivity index (χ0n) is 9.67. The summed E-state index contributed by atoms with van der Waals surface area (Å²) >= 11 is 0. The molecule has 1 aromatic rings. The molecule has 1 atom stereocenters. The van der Waals surface area contributed by atoms with Crippen LogP contribution >= 0.6 is 0 Å². The van der Waals surface area contributed by atoms with Crippen LogP contribution in [-0.4, -0.2) is 26.2 Å². The van der Waals surface area contributed by atoms with E-state index in [0.29, 0.717) is 5.69 Å². The van der Waals surface area contributed by atoms with Gasteiger partial charge in [-0.3, -0.25) is 0 Å². The van der Waals surface area contributed by atoms with Gasteiger partial charge in [-0.1, -0.05) is 0 Å². The van der Waals surface area contributed by atoms with Crippen LogP contribution in [0.1, 0.15) is 32.6 Å². The van der Waals surface area contributed by atoms with Crippen LogP contribution in [0, 0.1) is 0 Å². The van der Waals surface area contributed by atoms with Crippen molar-refractivity contribution in [2.24, 2.45) is 5.73 Å². The molecule has 0 spiro atoms. The fourth-order valence-corrected chi connectivity index (χ4v) is 1.10. The van der Waals surface area contributed by atoms with Gasteiger partial charge in [0.05, 0.1) is 18.6 Å². The number of imidazole rings is 1. The molecule has 1 rings (SSSR count). The predicted octanol–water partition coefficient (Wildman–Crippen LogP) is 0.174. The van der Waals surface area contributed by atoms with E-state index in [4.69, 9.17) is 15.6 Å². The van der Waals surface area contributed by atoms with E-state index in [1.807, 2.05) is 0 Å². The quantitative estimate of drug-likeness (QED) is 0.718. The third-order valence-corrected chi connectivity index (χ3v) is 1.79. The van der Waals surface area contributed by atoms with Gasteiger partial charge in [0, 0.05) is 6.20 Å². The summed E-state index contributed by atoms with van der Waals surface area (Å²) in [6.45, 7) is 5.12. The third kappa shape index (κ3) is 3.32. The van der Waals surface area contributed by atoms with Crippen LogP contribution in [0.3, 0.4) is 0 Å². The van der Waals surface area contributed by atoms with Crippen LogP contribution in [-0.2, 0) is 16.1 Å². The van der Waals surface area contributed by atoms with Gasteiger partial charge in [-0.25, -0.2) is 9.78 Å². The van der Waals surface area contributed by atoms with E-state index in [0.717, 1.165) is 0 Å². The van der Waals surface area contributed by atoms with Crippen LogP contribution in [0.2, 0.25) is 0 Å². The van der Waals surface area contributed by atoms with E-state index in [1.165, 1.54) is 17.1 Å². The number of aromatic nitrogens is 2. The number of hydrogen-bond donors (Lipinski definition) is 2. The van der Waals surface area contributed by atoms with Crippen molar-refractivity contribution in [3.05, 3.63) is 18.2 Å². The second kappa shape index (κ2) is 4.63. The Bertz CT molecular complexity index is 368. The number of carbonyl (C=O) groups excluding carboxylic acids is 1. The lowest BCUT2D eigenvalue weighted by Gasteiger charge is -2.22. The van der Waals surface area contributed by atoms with E-state index in [1.54, 1.807) is 20.8 Å². The monoisotopic (exact) mass is 227 g/mol. The zero-order chi connectivity index (χ0) is 12.3. The Morgan fingerprint density at radius 2 is 2.31 bits per heavy atom. The standard InChI is InChI=1S/C10H17N3O3/c1-10(2,3)16-9(15)8(11)13-4-7(5-14)12-6-13/h4,6,8,14H,5,11H2,1-3H3. The van der Waals surface area contributed by atoms with Crippen LogP contribution in [0.5, 0.6) is 0 Å². The molecule has 6 nitrogen and oxygen atoms in total. The lowest BCUT2D eigenvalue weighted by Crippen LogP contribution is -2.34. The van der Waals surface area contributed by atoms with Crippen LogP contribution in [0.15, 0.2) is 12.5 Å². The van der Waals surface area contributed by atoms with Gasteiger partial charge in [-0.05, 0) is 20.8 Å². The summed E-state index contributed by atoms with van der Waals surface area (Å²) in [5.74, 6) is -0.533. The van der Waals surface area contributed by atoms with Crippen LogP contribution in [0.25, 0.3) is 0 Å². The van der Waals surface area contributed by atoms with Crippen molar-refractivity contribution in [2.45, 2.75) is 39.1 Å². The number of aliphatic hydroxyl groups excluding tert-OH is 1. The molecule has 0 bridgehead atoms. The number of esters is 1. The Morgan fingerprint density at radius 1 is 1.69 bits per heavy atom. The Hall–Kier alpha value is -1.40. The molecule has 16 heavy (non-hydrogen) atoms. The highest BCUT2D eigenvalue weighted by molar-refractivity contribution is 5.73. The number of aliphatic hydroxyl groups is 1. The number of carbonyl (C=O) groups is 1. The maximum atomic E-state index is 11.6.